The van der Waals surface area contributed by atoms with E-state index in [0.29, 0.717) is 0 Å². The van der Waals surface area contributed by atoms with E-state index in [4.69, 9.17) is 10.2 Å². The summed E-state index contributed by atoms with van der Waals surface area (Å²) < 4.78 is 0.0429. The molecule has 0 saturated heterocycles. The number of nitrogens with zero attached hydrogens (tertiary/aromatic N) is 1. The highest BCUT2D eigenvalue weighted by Gasteiger charge is 2.19. The molecule has 0 heterocycles. The number of hydrogen-bond acceptors (Lipinski definition) is 5. The van der Waals surface area contributed by atoms with Gasteiger partial charge in [0.25, 0.3) is 11.6 Å². The number of rotatable bonds is 6. The monoisotopic (exact) mass is 346 g/mol. The fourth-order valence-corrected chi connectivity index (χ4v) is 1.97. The van der Waals surface area contributed by atoms with E-state index in [1.165, 1.54) is 18.2 Å². The number of hydrogen-bond donors (Lipinski definition) is 3. The Morgan fingerprint density at radius 3 is 2.65 bits per heavy atom. The Morgan fingerprint density at radius 1 is 1.45 bits per heavy atom. The zero-order valence-corrected chi connectivity index (χ0v) is 11.7. The third-order valence-electron chi connectivity index (χ3n) is 2.41. The van der Waals surface area contributed by atoms with E-state index in [1.807, 2.05) is 0 Å². The lowest BCUT2D eigenvalue weighted by Crippen LogP contribution is -2.30. The van der Waals surface area contributed by atoms with Crippen molar-refractivity contribution in [2.45, 2.75) is 12.5 Å². The molecule has 0 bridgehead atoms. The van der Waals surface area contributed by atoms with Gasteiger partial charge in [-0.1, -0.05) is 6.07 Å². The van der Waals surface area contributed by atoms with Crippen LogP contribution in [0.25, 0.3) is 0 Å². The van der Waals surface area contributed by atoms with Gasteiger partial charge in [-0.25, -0.2) is 4.79 Å². The second kappa shape index (κ2) is 6.96. The van der Waals surface area contributed by atoms with Crippen LogP contribution in [0.5, 0.6) is 0 Å². The van der Waals surface area contributed by atoms with Crippen molar-refractivity contribution in [1.82, 2.24) is 5.32 Å². The van der Waals surface area contributed by atoms with Gasteiger partial charge in [0, 0.05) is 19.0 Å². The van der Waals surface area contributed by atoms with Crippen molar-refractivity contribution in [1.29, 1.82) is 0 Å². The van der Waals surface area contributed by atoms with Crippen LogP contribution in [0.4, 0.5) is 5.69 Å². The predicted molar refractivity (Wildman–Crippen MR) is 71.4 cm³/mol. The average molecular weight is 347 g/mol. The first-order valence-electron chi connectivity index (χ1n) is 5.46. The van der Waals surface area contributed by atoms with E-state index in [1.54, 1.807) is 0 Å². The smallest absolute Gasteiger partial charge is 0.332 e. The Bertz CT molecular complexity index is 548. The molecule has 1 unspecified atom stereocenters. The van der Waals surface area contributed by atoms with Gasteiger partial charge in [0.2, 0.25) is 0 Å². The second-order valence-electron chi connectivity index (χ2n) is 3.79. The molecule has 0 spiro atoms. The summed E-state index contributed by atoms with van der Waals surface area (Å²) in [7, 11) is 0. The molecule has 1 aromatic rings. The Morgan fingerprint density at radius 2 is 2.10 bits per heavy atom. The molecule has 1 atom stereocenters. The number of aliphatic hydroxyl groups excluding tert-OH is 1. The molecule has 108 valence electrons. The van der Waals surface area contributed by atoms with E-state index in [2.05, 4.69) is 21.2 Å². The molecular formula is C11H11BrN2O6. The number of aliphatic hydroxyl groups is 1. The van der Waals surface area contributed by atoms with Crippen LogP contribution in [0.1, 0.15) is 16.8 Å². The van der Waals surface area contributed by atoms with Crippen LogP contribution < -0.4 is 5.32 Å². The zero-order chi connectivity index (χ0) is 15.3. The normalized spacial score (nSPS) is 11.7. The molecule has 1 rings (SSSR count). The molecule has 0 aliphatic rings. The van der Waals surface area contributed by atoms with Crippen molar-refractivity contribution >= 4 is 33.5 Å². The standard InChI is InChI=1S/C11H11BrN2O6/c12-9-6(2-1-3-7(9)14(19)20)10(16)13-5-4-8(15)11(17)18/h1-3,8,15H,4-5H2,(H,13,16)(H,17,18). The summed E-state index contributed by atoms with van der Waals surface area (Å²) in [6.45, 7) is -0.0680. The molecule has 1 aromatic carbocycles. The molecule has 0 aliphatic carbocycles. The lowest BCUT2D eigenvalue weighted by atomic mass is 10.2. The highest BCUT2D eigenvalue weighted by atomic mass is 79.9. The van der Waals surface area contributed by atoms with Crippen LogP contribution in [-0.2, 0) is 4.79 Å². The highest BCUT2D eigenvalue weighted by Crippen LogP contribution is 2.28. The molecule has 0 aromatic heterocycles. The Hall–Kier alpha value is -2.00. The van der Waals surface area contributed by atoms with Crippen LogP contribution in [0.3, 0.4) is 0 Å². The molecule has 9 heteroatoms. The van der Waals surface area contributed by atoms with Crippen molar-refractivity contribution < 1.29 is 24.7 Å². The first-order chi connectivity index (χ1) is 9.34. The minimum Gasteiger partial charge on any atom is -0.479 e. The van der Waals surface area contributed by atoms with E-state index in [9.17, 15) is 19.7 Å². The number of carboxylic acid groups (broad SMARTS) is 1. The number of carboxylic acids is 1. The fraction of sp³-hybridized carbons (Fsp3) is 0.273. The van der Waals surface area contributed by atoms with Gasteiger partial charge in [-0.05, 0) is 22.0 Å². The highest BCUT2D eigenvalue weighted by molar-refractivity contribution is 9.10. The maximum absolute atomic E-state index is 11.8. The van der Waals surface area contributed by atoms with Crippen LogP contribution in [0.2, 0.25) is 0 Å². The van der Waals surface area contributed by atoms with E-state index in [-0.39, 0.29) is 28.7 Å². The third kappa shape index (κ3) is 4.00. The average Bonchev–Trinajstić information content (AvgIpc) is 2.38. The number of benzene rings is 1. The number of carbonyl (C=O) groups is 2. The molecule has 3 N–H and O–H groups in total. The number of nitro groups is 1. The van der Waals surface area contributed by atoms with Gasteiger partial charge in [-0.2, -0.15) is 0 Å². The molecule has 1 amide bonds. The Labute approximate surface area is 121 Å². The lowest BCUT2D eigenvalue weighted by molar-refractivity contribution is -0.385. The van der Waals surface area contributed by atoms with Crippen molar-refractivity contribution in [3.63, 3.8) is 0 Å². The van der Waals surface area contributed by atoms with Gasteiger partial charge < -0.3 is 15.5 Å². The van der Waals surface area contributed by atoms with Crippen molar-refractivity contribution in [2.24, 2.45) is 0 Å². The summed E-state index contributed by atoms with van der Waals surface area (Å²) in [4.78, 5) is 32.3. The van der Waals surface area contributed by atoms with Crippen molar-refractivity contribution in [3.8, 4) is 0 Å². The zero-order valence-electron chi connectivity index (χ0n) is 10.1. The van der Waals surface area contributed by atoms with Gasteiger partial charge in [0.15, 0.2) is 6.10 Å². The van der Waals surface area contributed by atoms with Gasteiger partial charge in [-0.15, -0.1) is 0 Å². The van der Waals surface area contributed by atoms with Crippen molar-refractivity contribution in [3.05, 3.63) is 38.3 Å². The maximum Gasteiger partial charge on any atom is 0.332 e. The summed E-state index contributed by atoms with van der Waals surface area (Å²) in [6.07, 6.45) is -1.72. The number of nitrogens with one attached hydrogen (secondary N) is 1. The molecule has 0 saturated carbocycles. The first-order valence-corrected chi connectivity index (χ1v) is 6.26. The second-order valence-corrected chi connectivity index (χ2v) is 4.59. The number of amides is 1. The Kier molecular flexibility index (Phi) is 5.59. The van der Waals surface area contributed by atoms with E-state index in [0.717, 1.165) is 0 Å². The van der Waals surface area contributed by atoms with Gasteiger partial charge >= 0.3 is 5.97 Å². The van der Waals surface area contributed by atoms with Gasteiger partial charge in [0.05, 0.1) is 10.5 Å². The maximum atomic E-state index is 11.8. The summed E-state index contributed by atoms with van der Waals surface area (Å²) >= 11 is 2.98. The summed E-state index contributed by atoms with van der Waals surface area (Å²) in [5.41, 5.74) is -0.188. The first kappa shape index (κ1) is 16.1. The van der Waals surface area contributed by atoms with Crippen molar-refractivity contribution in [2.75, 3.05) is 6.54 Å². The lowest BCUT2D eigenvalue weighted by Gasteiger charge is -2.08. The number of aliphatic carboxylic acids is 1. The molecule has 0 aliphatic heterocycles. The fourth-order valence-electron chi connectivity index (χ4n) is 1.38. The third-order valence-corrected chi connectivity index (χ3v) is 3.24. The molecule has 0 radical (unpaired) electrons. The Balaban J connectivity index is 2.71. The molecule has 20 heavy (non-hydrogen) atoms. The number of nitro benzene ring substituents is 1. The molecule has 8 nitrogen and oxygen atoms in total. The number of carbonyl (C=O) groups excluding carboxylic acids is 1. The van der Waals surface area contributed by atoms with Crippen LogP contribution >= 0.6 is 15.9 Å². The van der Waals surface area contributed by atoms with E-state index < -0.39 is 22.9 Å². The number of halogens is 1. The molecular weight excluding hydrogens is 336 g/mol. The summed E-state index contributed by atoms with van der Waals surface area (Å²) in [5.74, 6) is -1.98. The van der Waals surface area contributed by atoms with Gasteiger partial charge in [0.1, 0.15) is 4.47 Å². The van der Waals surface area contributed by atoms with Crippen LogP contribution in [-0.4, -0.2) is 39.7 Å². The SMILES string of the molecule is O=C(NCCC(O)C(=O)O)c1cccc([N+](=O)[O-])c1Br. The quantitative estimate of drug-likeness (QED) is 0.518. The largest absolute Gasteiger partial charge is 0.479 e. The van der Waals surface area contributed by atoms with E-state index >= 15 is 0 Å². The van der Waals surface area contributed by atoms with Gasteiger partial charge in [-0.3, -0.25) is 14.9 Å². The minimum atomic E-state index is -1.57. The summed E-state index contributed by atoms with van der Waals surface area (Å²) in [6, 6.07) is 4.00. The van der Waals surface area contributed by atoms with Crippen LogP contribution in [0, 0.1) is 10.1 Å². The van der Waals surface area contributed by atoms with Crippen LogP contribution in [0.15, 0.2) is 22.7 Å². The summed E-state index contributed by atoms with van der Waals surface area (Å²) in [5, 5.41) is 30.6. The predicted octanol–water partition coefficient (Wildman–Crippen LogP) is 0.923. The minimum absolute atomic E-state index is 0.0429. The molecule has 0 fully saturated rings. The topological polar surface area (TPSA) is 130 Å².